The second-order valence-corrected chi connectivity index (χ2v) is 7.98. The van der Waals surface area contributed by atoms with Gasteiger partial charge in [-0.05, 0) is 67.0 Å². The summed E-state index contributed by atoms with van der Waals surface area (Å²) in [6.07, 6.45) is 6.44. The van der Waals surface area contributed by atoms with E-state index in [1.165, 1.54) is 36.8 Å². The highest BCUT2D eigenvalue weighted by atomic mass is 16.5. The molecule has 3 nitrogen and oxygen atoms in total. The van der Waals surface area contributed by atoms with E-state index in [4.69, 9.17) is 9.47 Å². The van der Waals surface area contributed by atoms with E-state index in [9.17, 15) is 5.11 Å². The van der Waals surface area contributed by atoms with Gasteiger partial charge in [-0.25, -0.2) is 0 Å². The molecule has 0 spiro atoms. The van der Waals surface area contributed by atoms with Gasteiger partial charge in [0.15, 0.2) is 0 Å². The molecule has 3 atom stereocenters. The first-order valence-electron chi connectivity index (χ1n) is 10.7. The van der Waals surface area contributed by atoms with Crippen molar-refractivity contribution in [2.45, 2.75) is 69.8 Å². The number of benzene rings is 2. The molecule has 0 heterocycles. The van der Waals surface area contributed by atoms with Gasteiger partial charge in [0.1, 0.15) is 18.1 Å². The molecule has 1 aliphatic rings. The van der Waals surface area contributed by atoms with E-state index in [1.807, 2.05) is 6.92 Å². The lowest BCUT2D eigenvalue weighted by molar-refractivity contribution is 0.104. The SMILES string of the molecule is CCC(O)COc1ccc(C2CCCCC2(CC)c2ccc(OC)cc2)cc1. The van der Waals surface area contributed by atoms with E-state index in [0.717, 1.165) is 17.9 Å². The van der Waals surface area contributed by atoms with Crippen LogP contribution in [0.5, 0.6) is 11.5 Å². The third kappa shape index (κ3) is 4.35. The highest BCUT2D eigenvalue weighted by Gasteiger charge is 2.41. The summed E-state index contributed by atoms with van der Waals surface area (Å²) in [6.45, 7) is 4.64. The minimum atomic E-state index is -0.402. The molecule has 152 valence electrons. The highest BCUT2D eigenvalue weighted by molar-refractivity contribution is 5.39. The average molecular weight is 383 g/mol. The molecular weight excluding hydrogens is 348 g/mol. The molecule has 28 heavy (non-hydrogen) atoms. The molecule has 3 rings (SSSR count). The molecule has 0 bridgehead atoms. The van der Waals surface area contributed by atoms with Crippen molar-refractivity contribution in [3.63, 3.8) is 0 Å². The van der Waals surface area contributed by atoms with Gasteiger partial charge in [0, 0.05) is 5.41 Å². The predicted molar refractivity (Wildman–Crippen MR) is 114 cm³/mol. The molecule has 0 aliphatic heterocycles. The topological polar surface area (TPSA) is 38.7 Å². The second-order valence-electron chi connectivity index (χ2n) is 7.98. The molecule has 0 saturated heterocycles. The van der Waals surface area contributed by atoms with E-state index < -0.39 is 6.10 Å². The van der Waals surface area contributed by atoms with Crippen LogP contribution in [0, 0.1) is 0 Å². The standard InChI is InChI=1S/C25H34O3/c1-4-21(26)18-28-23-13-9-19(10-14-23)24-8-6-7-17-25(24,5-2)20-11-15-22(27-3)16-12-20/h9-16,21,24,26H,4-8,17-18H2,1-3H3. The summed E-state index contributed by atoms with van der Waals surface area (Å²) >= 11 is 0. The van der Waals surface area contributed by atoms with Gasteiger partial charge in [-0.1, -0.05) is 51.0 Å². The predicted octanol–water partition coefficient (Wildman–Crippen LogP) is 5.85. The molecule has 0 radical (unpaired) electrons. The number of methoxy groups -OCH3 is 1. The van der Waals surface area contributed by atoms with Crippen molar-refractivity contribution in [1.82, 2.24) is 0 Å². The Morgan fingerprint density at radius 3 is 2.29 bits per heavy atom. The largest absolute Gasteiger partial charge is 0.497 e. The van der Waals surface area contributed by atoms with Crippen molar-refractivity contribution < 1.29 is 14.6 Å². The Kier molecular flexibility index (Phi) is 7.01. The Labute approximate surface area is 169 Å². The van der Waals surface area contributed by atoms with E-state index in [1.54, 1.807) is 7.11 Å². The molecule has 1 aliphatic carbocycles. The first-order valence-corrected chi connectivity index (χ1v) is 10.7. The lowest BCUT2D eigenvalue weighted by atomic mass is 9.59. The Bertz CT molecular complexity index is 722. The fourth-order valence-electron chi connectivity index (χ4n) is 4.73. The zero-order valence-electron chi connectivity index (χ0n) is 17.5. The average Bonchev–Trinajstić information content (AvgIpc) is 2.77. The van der Waals surface area contributed by atoms with Crippen molar-refractivity contribution >= 4 is 0 Å². The molecule has 1 saturated carbocycles. The molecule has 2 aromatic carbocycles. The normalized spacial score (nSPS) is 23.2. The van der Waals surface area contributed by atoms with Crippen molar-refractivity contribution in [3.05, 3.63) is 59.7 Å². The lowest BCUT2D eigenvalue weighted by Crippen LogP contribution is -2.36. The lowest BCUT2D eigenvalue weighted by Gasteiger charge is -2.45. The summed E-state index contributed by atoms with van der Waals surface area (Å²) in [5.74, 6) is 2.26. The zero-order chi connectivity index (χ0) is 20.0. The van der Waals surface area contributed by atoms with Crippen molar-refractivity contribution in [1.29, 1.82) is 0 Å². The Morgan fingerprint density at radius 2 is 1.68 bits per heavy atom. The smallest absolute Gasteiger partial charge is 0.119 e. The van der Waals surface area contributed by atoms with Crippen LogP contribution in [0.3, 0.4) is 0 Å². The number of hydrogen-bond acceptors (Lipinski definition) is 3. The van der Waals surface area contributed by atoms with E-state index in [0.29, 0.717) is 18.9 Å². The number of aliphatic hydroxyl groups excluding tert-OH is 1. The van der Waals surface area contributed by atoms with Crippen LogP contribution >= 0.6 is 0 Å². The summed E-state index contributed by atoms with van der Waals surface area (Å²) in [6, 6.07) is 17.2. The first kappa shape index (κ1) is 20.7. The maximum atomic E-state index is 9.71. The highest BCUT2D eigenvalue weighted by Crippen LogP contribution is 2.51. The number of ether oxygens (including phenoxy) is 2. The Morgan fingerprint density at radius 1 is 1.00 bits per heavy atom. The fraction of sp³-hybridized carbons (Fsp3) is 0.520. The van der Waals surface area contributed by atoms with Gasteiger partial charge in [-0.2, -0.15) is 0 Å². The fourth-order valence-corrected chi connectivity index (χ4v) is 4.73. The van der Waals surface area contributed by atoms with Gasteiger partial charge in [-0.3, -0.25) is 0 Å². The minimum Gasteiger partial charge on any atom is -0.497 e. The van der Waals surface area contributed by atoms with Crippen LogP contribution in [0.2, 0.25) is 0 Å². The summed E-state index contributed by atoms with van der Waals surface area (Å²) < 4.78 is 11.1. The first-order chi connectivity index (χ1) is 13.6. The summed E-state index contributed by atoms with van der Waals surface area (Å²) in [5, 5.41) is 9.71. The summed E-state index contributed by atoms with van der Waals surface area (Å²) in [4.78, 5) is 0. The molecular formula is C25H34O3. The van der Waals surface area contributed by atoms with Gasteiger partial charge in [0.05, 0.1) is 13.2 Å². The van der Waals surface area contributed by atoms with Gasteiger partial charge in [0.25, 0.3) is 0 Å². The molecule has 3 heteroatoms. The molecule has 0 aromatic heterocycles. The van der Waals surface area contributed by atoms with Gasteiger partial charge < -0.3 is 14.6 Å². The van der Waals surface area contributed by atoms with Crippen molar-refractivity contribution in [2.24, 2.45) is 0 Å². The zero-order valence-corrected chi connectivity index (χ0v) is 17.5. The summed E-state index contributed by atoms with van der Waals surface area (Å²) in [5.41, 5.74) is 2.98. The van der Waals surface area contributed by atoms with Crippen LogP contribution < -0.4 is 9.47 Å². The maximum Gasteiger partial charge on any atom is 0.119 e. The van der Waals surface area contributed by atoms with Crippen LogP contribution in [0.25, 0.3) is 0 Å². The van der Waals surface area contributed by atoms with E-state index >= 15 is 0 Å². The Balaban J connectivity index is 1.85. The van der Waals surface area contributed by atoms with Crippen molar-refractivity contribution in [3.8, 4) is 11.5 Å². The quantitative estimate of drug-likeness (QED) is 0.622. The van der Waals surface area contributed by atoms with Crippen molar-refractivity contribution in [2.75, 3.05) is 13.7 Å². The molecule has 0 amide bonds. The maximum absolute atomic E-state index is 9.71. The van der Waals surface area contributed by atoms with Crippen LogP contribution in [0.15, 0.2) is 48.5 Å². The number of hydrogen-bond donors (Lipinski definition) is 1. The van der Waals surface area contributed by atoms with Crippen LogP contribution in [-0.2, 0) is 5.41 Å². The third-order valence-electron chi connectivity index (χ3n) is 6.52. The molecule has 3 unspecified atom stereocenters. The van der Waals surface area contributed by atoms with Crippen LogP contribution in [-0.4, -0.2) is 24.9 Å². The van der Waals surface area contributed by atoms with E-state index in [2.05, 4.69) is 55.5 Å². The van der Waals surface area contributed by atoms with Crippen LogP contribution in [0.4, 0.5) is 0 Å². The van der Waals surface area contributed by atoms with Gasteiger partial charge >= 0.3 is 0 Å². The van der Waals surface area contributed by atoms with E-state index in [-0.39, 0.29) is 5.41 Å². The monoisotopic (exact) mass is 382 g/mol. The Hall–Kier alpha value is -2.00. The number of rotatable bonds is 8. The third-order valence-corrected chi connectivity index (χ3v) is 6.52. The number of aliphatic hydroxyl groups is 1. The molecule has 1 N–H and O–H groups in total. The molecule has 2 aromatic rings. The van der Waals surface area contributed by atoms with Gasteiger partial charge in [0.2, 0.25) is 0 Å². The minimum absolute atomic E-state index is 0.172. The van der Waals surface area contributed by atoms with Gasteiger partial charge in [-0.15, -0.1) is 0 Å². The van der Waals surface area contributed by atoms with Crippen LogP contribution in [0.1, 0.15) is 69.4 Å². The molecule has 1 fully saturated rings. The summed E-state index contributed by atoms with van der Waals surface area (Å²) in [7, 11) is 1.72. The second kappa shape index (κ2) is 9.47.